The first-order valence-electron chi connectivity index (χ1n) is 7.13. The van der Waals surface area contributed by atoms with Crippen molar-refractivity contribution in [1.29, 1.82) is 0 Å². The van der Waals surface area contributed by atoms with Gasteiger partial charge in [0.15, 0.2) is 5.82 Å². The molecule has 0 bridgehead atoms. The Morgan fingerprint density at radius 2 is 1.87 bits per heavy atom. The normalized spacial score (nSPS) is 11.0. The molecule has 0 atom stereocenters. The highest BCUT2D eigenvalue weighted by Crippen LogP contribution is 2.20. The van der Waals surface area contributed by atoms with Crippen LogP contribution in [-0.4, -0.2) is 17.3 Å². The van der Waals surface area contributed by atoms with Crippen LogP contribution in [0.3, 0.4) is 0 Å². The number of rotatable bonds is 5. The number of hydrogen-bond acceptors (Lipinski definition) is 4. The lowest BCUT2D eigenvalue weighted by atomic mass is 10.1. The van der Waals surface area contributed by atoms with Crippen LogP contribution in [-0.2, 0) is 6.42 Å². The van der Waals surface area contributed by atoms with Gasteiger partial charge in [-0.3, -0.25) is 0 Å². The maximum Gasteiger partial charge on any atom is 0.250 e. The van der Waals surface area contributed by atoms with E-state index in [1.807, 2.05) is 60.7 Å². The monoisotopic (exact) mass is 370 g/mol. The maximum atomic E-state index is 5.34. The summed E-state index contributed by atoms with van der Waals surface area (Å²) in [7, 11) is 1.65. The molecule has 3 rings (SSSR count). The average Bonchev–Trinajstić information content (AvgIpc) is 3.02. The van der Waals surface area contributed by atoms with Crippen LogP contribution in [0.15, 0.2) is 57.5 Å². The van der Waals surface area contributed by atoms with Crippen molar-refractivity contribution in [1.82, 2.24) is 10.1 Å². The molecule has 0 aliphatic rings. The van der Waals surface area contributed by atoms with Crippen molar-refractivity contribution in [2.75, 3.05) is 7.11 Å². The van der Waals surface area contributed by atoms with Gasteiger partial charge in [0, 0.05) is 22.5 Å². The van der Waals surface area contributed by atoms with Crippen molar-refractivity contribution >= 4 is 28.1 Å². The molecular formula is C18H15BrN2O2. The van der Waals surface area contributed by atoms with E-state index < -0.39 is 0 Å². The lowest BCUT2D eigenvalue weighted by Gasteiger charge is -2.04. The SMILES string of the molecule is COc1ccccc1Cc1noc(/C=C/c2ccc(Br)cc2)n1. The van der Waals surface area contributed by atoms with Crippen molar-refractivity contribution < 1.29 is 9.26 Å². The van der Waals surface area contributed by atoms with Gasteiger partial charge in [-0.1, -0.05) is 51.4 Å². The zero-order valence-electron chi connectivity index (χ0n) is 12.6. The third-order valence-corrected chi connectivity index (χ3v) is 3.84. The Hall–Kier alpha value is -2.40. The van der Waals surface area contributed by atoms with Crippen LogP contribution in [0.25, 0.3) is 12.2 Å². The van der Waals surface area contributed by atoms with Gasteiger partial charge in [-0.15, -0.1) is 0 Å². The van der Waals surface area contributed by atoms with Crippen LogP contribution in [0.4, 0.5) is 0 Å². The van der Waals surface area contributed by atoms with Gasteiger partial charge < -0.3 is 9.26 Å². The number of ether oxygens (including phenoxy) is 1. The van der Waals surface area contributed by atoms with Gasteiger partial charge in [0.2, 0.25) is 0 Å². The van der Waals surface area contributed by atoms with E-state index in [1.165, 1.54) is 0 Å². The van der Waals surface area contributed by atoms with Gasteiger partial charge in [0.25, 0.3) is 5.89 Å². The van der Waals surface area contributed by atoms with Crippen LogP contribution in [0, 0.1) is 0 Å². The van der Waals surface area contributed by atoms with Gasteiger partial charge in [-0.25, -0.2) is 0 Å². The number of methoxy groups -OCH3 is 1. The zero-order valence-corrected chi connectivity index (χ0v) is 14.2. The van der Waals surface area contributed by atoms with E-state index in [0.717, 1.165) is 21.3 Å². The van der Waals surface area contributed by atoms with Gasteiger partial charge in [0.1, 0.15) is 5.75 Å². The molecule has 0 saturated carbocycles. The van der Waals surface area contributed by atoms with Crippen LogP contribution in [0.2, 0.25) is 0 Å². The van der Waals surface area contributed by atoms with Crippen molar-refractivity contribution in [2.24, 2.45) is 0 Å². The Labute approximate surface area is 142 Å². The third kappa shape index (κ3) is 4.07. The summed E-state index contributed by atoms with van der Waals surface area (Å²) in [5.74, 6) is 1.94. The Morgan fingerprint density at radius 3 is 2.65 bits per heavy atom. The lowest BCUT2D eigenvalue weighted by molar-refractivity contribution is 0.401. The lowest BCUT2D eigenvalue weighted by Crippen LogP contribution is -1.95. The summed E-state index contributed by atoms with van der Waals surface area (Å²) >= 11 is 3.41. The molecule has 0 fully saturated rings. The van der Waals surface area contributed by atoms with E-state index in [0.29, 0.717) is 18.1 Å². The number of benzene rings is 2. The molecule has 4 nitrogen and oxygen atoms in total. The zero-order chi connectivity index (χ0) is 16.1. The second kappa shape index (κ2) is 7.24. The summed E-state index contributed by atoms with van der Waals surface area (Å²) in [6.45, 7) is 0. The van der Waals surface area contributed by atoms with Gasteiger partial charge in [-0.2, -0.15) is 4.98 Å². The largest absolute Gasteiger partial charge is 0.496 e. The standard InChI is InChI=1S/C18H15BrN2O2/c1-22-16-5-3-2-4-14(16)12-17-20-18(23-21-17)11-8-13-6-9-15(19)10-7-13/h2-11H,12H2,1H3/b11-8+. The Balaban J connectivity index is 1.71. The van der Waals surface area contributed by atoms with E-state index in [1.54, 1.807) is 7.11 Å². The van der Waals surface area contributed by atoms with Gasteiger partial charge in [-0.05, 0) is 29.8 Å². The second-order valence-corrected chi connectivity index (χ2v) is 5.84. The first-order valence-corrected chi connectivity index (χ1v) is 7.92. The summed E-state index contributed by atoms with van der Waals surface area (Å²) in [6.07, 6.45) is 4.31. The molecule has 3 aromatic rings. The third-order valence-electron chi connectivity index (χ3n) is 3.31. The van der Waals surface area contributed by atoms with Crippen LogP contribution in [0.1, 0.15) is 22.8 Å². The Bertz CT molecular complexity index is 810. The fourth-order valence-corrected chi connectivity index (χ4v) is 2.43. The molecule has 0 aliphatic carbocycles. The second-order valence-electron chi connectivity index (χ2n) is 4.92. The minimum absolute atomic E-state index is 0.484. The average molecular weight is 371 g/mol. The van der Waals surface area contributed by atoms with Crippen molar-refractivity contribution in [3.63, 3.8) is 0 Å². The Kier molecular flexibility index (Phi) is 4.88. The van der Waals surface area contributed by atoms with Crippen molar-refractivity contribution in [2.45, 2.75) is 6.42 Å². The molecule has 116 valence electrons. The summed E-state index contributed by atoms with van der Waals surface area (Å²) < 4.78 is 11.6. The van der Waals surface area contributed by atoms with Crippen LogP contribution >= 0.6 is 15.9 Å². The summed E-state index contributed by atoms with van der Waals surface area (Å²) in [4.78, 5) is 4.38. The molecule has 5 heteroatoms. The fourth-order valence-electron chi connectivity index (χ4n) is 2.17. The molecular weight excluding hydrogens is 356 g/mol. The van der Waals surface area contributed by atoms with Gasteiger partial charge in [0.05, 0.1) is 7.11 Å². The molecule has 0 saturated heterocycles. The van der Waals surface area contributed by atoms with Crippen molar-refractivity contribution in [3.05, 3.63) is 75.8 Å². The number of nitrogens with zero attached hydrogens (tertiary/aromatic N) is 2. The molecule has 0 amide bonds. The number of aromatic nitrogens is 2. The fraction of sp³-hybridized carbons (Fsp3) is 0.111. The van der Waals surface area contributed by atoms with Crippen LogP contribution in [0.5, 0.6) is 5.75 Å². The summed E-state index contributed by atoms with van der Waals surface area (Å²) in [5.41, 5.74) is 2.09. The van der Waals surface area contributed by atoms with E-state index >= 15 is 0 Å². The highest BCUT2D eigenvalue weighted by atomic mass is 79.9. The molecule has 23 heavy (non-hydrogen) atoms. The van der Waals surface area contributed by atoms with Gasteiger partial charge >= 0.3 is 0 Å². The number of halogens is 1. The minimum Gasteiger partial charge on any atom is -0.496 e. The Morgan fingerprint density at radius 1 is 1.09 bits per heavy atom. The maximum absolute atomic E-state index is 5.34. The molecule has 0 unspecified atom stereocenters. The van der Waals surface area contributed by atoms with E-state index in [4.69, 9.17) is 9.26 Å². The molecule has 0 spiro atoms. The predicted molar refractivity (Wildman–Crippen MR) is 93.2 cm³/mol. The quantitative estimate of drug-likeness (QED) is 0.658. The molecule has 2 aromatic carbocycles. The predicted octanol–water partition coefficient (Wildman–Crippen LogP) is 4.60. The first-order chi connectivity index (χ1) is 11.2. The molecule has 0 aliphatic heterocycles. The highest BCUT2D eigenvalue weighted by molar-refractivity contribution is 9.10. The van der Waals surface area contributed by atoms with Crippen molar-refractivity contribution in [3.8, 4) is 5.75 Å². The summed E-state index contributed by atoms with van der Waals surface area (Å²) in [6, 6.07) is 15.8. The summed E-state index contributed by atoms with van der Waals surface area (Å²) in [5, 5.41) is 4.01. The topological polar surface area (TPSA) is 48.2 Å². The van der Waals surface area contributed by atoms with E-state index in [9.17, 15) is 0 Å². The highest BCUT2D eigenvalue weighted by Gasteiger charge is 2.08. The van der Waals surface area contributed by atoms with E-state index in [2.05, 4.69) is 26.1 Å². The number of hydrogen-bond donors (Lipinski definition) is 0. The molecule has 0 radical (unpaired) electrons. The smallest absolute Gasteiger partial charge is 0.250 e. The van der Waals surface area contributed by atoms with E-state index in [-0.39, 0.29) is 0 Å². The number of para-hydroxylation sites is 1. The van der Waals surface area contributed by atoms with Crippen LogP contribution < -0.4 is 4.74 Å². The molecule has 0 N–H and O–H groups in total. The first kappa shape index (κ1) is 15.5. The molecule has 1 heterocycles. The minimum atomic E-state index is 0.484. The molecule has 1 aromatic heterocycles.